The highest BCUT2D eigenvalue weighted by atomic mass is 16.5. The highest BCUT2D eigenvalue weighted by Crippen LogP contribution is 2.14. The minimum atomic E-state index is -0.457. The van der Waals surface area contributed by atoms with E-state index >= 15 is 0 Å². The Labute approximate surface area is 90.4 Å². The largest absolute Gasteiger partial charge is 0.449 e. The van der Waals surface area contributed by atoms with Gasteiger partial charge in [0.05, 0.1) is 6.61 Å². The van der Waals surface area contributed by atoms with Gasteiger partial charge >= 0.3 is 6.09 Å². The zero-order valence-corrected chi connectivity index (χ0v) is 8.88. The number of nitrogens with one attached hydrogen (secondary N) is 1. The third kappa shape index (κ3) is 3.62. The molecule has 0 heterocycles. The number of carbonyl (C=O) groups excluding carboxylic acids is 1. The molecule has 0 aliphatic heterocycles. The Hall–Kier alpha value is -1.51. The zero-order chi connectivity index (χ0) is 11.3. The van der Waals surface area contributed by atoms with E-state index in [4.69, 9.17) is 4.74 Å². The fourth-order valence-corrected chi connectivity index (χ4v) is 1.07. The maximum absolute atomic E-state index is 11.2. The molecule has 1 aromatic rings. The highest BCUT2D eigenvalue weighted by Gasteiger charge is 2.02. The summed E-state index contributed by atoms with van der Waals surface area (Å²) in [6.07, 6.45) is 0.115. The molecule has 15 heavy (non-hydrogen) atoms. The Morgan fingerprint density at radius 2 is 2.27 bits per heavy atom. The van der Waals surface area contributed by atoms with Crippen molar-refractivity contribution in [1.82, 2.24) is 0 Å². The molecule has 0 saturated carbocycles. The van der Waals surface area contributed by atoms with Crippen molar-refractivity contribution < 1.29 is 9.53 Å². The van der Waals surface area contributed by atoms with Crippen LogP contribution in [0.15, 0.2) is 18.2 Å². The first-order chi connectivity index (χ1) is 7.13. The second-order valence-electron chi connectivity index (χ2n) is 3.26. The van der Waals surface area contributed by atoms with E-state index in [1.165, 1.54) is 0 Å². The molecule has 3 nitrogen and oxygen atoms in total. The van der Waals surface area contributed by atoms with Crippen LogP contribution in [-0.4, -0.2) is 12.7 Å². The van der Waals surface area contributed by atoms with Crippen LogP contribution in [0.4, 0.5) is 10.5 Å². The third-order valence-corrected chi connectivity index (χ3v) is 1.97. The lowest BCUT2D eigenvalue weighted by Crippen LogP contribution is -2.14. The van der Waals surface area contributed by atoms with Crippen molar-refractivity contribution in [2.24, 2.45) is 0 Å². The Morgan fingerprint density at radius 1 is 1.53 bits per heavy atom. The molecule has 3 heteroatoms. The molecule has 1 rings (SSSR count). The molecule has 1 aromatic carbocycles. The average molecular weight is 205 g/mol. The van der Waals surface area contributed by atoms with Crippen molar-refractivity contribution >= 4 is 11.8 Å². The summed E-state index contributed by atoms with van der Waals surface area (Å²) >= 11 is 0. The number of hydrogen-bond acceptors (Lipinski definition) is 2. The first kappa shape index (κ1) is 11.6. The van der Waals surface area contributed by atoms with Gasteiger partial charge < -0.3 is 4.74 Å². The summed E-state index contributed by atoms with van der Waals surface area (Å²) in [4.78, 5) is 11.2. The number of carbonyl (C=O) groups is 1. The second kappa shape index (κ2) is 5.39. The van der Waals surface area contributed by atoms with Crippen LogP contribution in [0.1, 0.15) is 17.5 Å². The van der Waals surface area contributed by atoms with Gasteiger partial charge in [-0.2, -0.15) is 0 Å². The normalized spacial score (nSPS) is 9.80. The summed E-state index contributed by atoms with van der Waals surface area (Å²) < 4.78 is 4.83. The lowest BCUT2D eigenvalue weighted by Gasteiger charge is -2.07. The molecule has 0 atom stereocenters. The van der Waals surface area contributed by atoms with Gasteiger partial charge in [-0.1, -0.05) is 6.07 Å². The molecule has 0 fully saturated rings. The maximum atomic E-state index is 11.2. The monoisotopic (exact) mass is 205 g/mol. The van der Waals surface area contributed by atoms with Crippen molar-refractivity contribution in [1.29, 1.82) is 0 Å². The quantitative estimate of drug-likeness (QED) is 0.823. The number of benzene rings is 1. The van der Waals surface area contributed by atoms with E-state index in [-0.39, 0.29) is 0 Å². The lowest BCUT2D eigenvalue weighted by molar-refractivity contribution is 0.163. The van der Waals surface area contributed by atoms with E-state index in [1.807, 2.05) is 19.1 Å². The average Bonchev–Trinajstić information content (AvgIpc) is 2.20. The smallest absolute Gasteiger partial charge is 0.411 e. The fourth-order valence-electron chi connectivity index (χ4n) is 1.07. The van der Waals surface area contributed by atoms with E-state index in [0.717, 1.165) is 11.1 Å². The predicted octanol–water partition coefficient (Wildman–Crippen LogP) is 2.95. The van der Waals surface area contributed by atoms with Crippen LogP contribution in [0.2, 0.25) is 0 Å². The molecule has 0 aliphatic carbocycles. The highest BCUT2D eigenvalue weighted by molar-refractivity contribution is 5.84. The molecule has 1 N–H and O–H groups in total. The van der Waals surface area contributed by atoms with Crippen LogP contribution in [0.25, 0.3) is 0 Å². The molecule has 0 bridgehead atoms. The topological polar surface area (TPSA) is 38.3 Å². The SMILES string of the molecule is [CH2]CCOC(=O)Nc1ccc(C)c([CH2])c1. The number of rotatable bonds is 3. The molecular formula is C12H15NO2. The van der Waals surface area contributed by atoms with Gasteiger partial charge in [0.1, 0.15) is 0 Å². The van der Waals surface area contributed by atoms with Crippen LogP contribution in [0.5, 0.6) is 0 Å². The van der Waals surface area contributed by atoms with Crippen LogP contribution in [0, 0.1) is 20.8 Å². The van der Waals surface area contributed by atoms with E-state index in [9.17, 15) is 4.79 Å². The van der Waals surface area contributed by atoms with E-state index in [1.54, 1.807) is 6.07 Å². The molecule has 0 spiro atoms. The van der Waals surface area contributed by atoms with Gasteiger partial charge in [0.25, 0.3) is 0 Å². The maximum Gasteiger partial charge on any atom is 0.411 e. The van der Waals surface area contributed by atoms with Crippen molar-refractivity contribution in [3.8, 4) is 0 Å². The summed E-state index contributed by atoms with van der Waals surface area (Å²) in [5, 5.41) is 2.62. The number of anilines is 1. The molecule has 0 saturated heterocycles. The van der Waals surface area contributed by atoms with Crippen molar-refractivity contribution in [2.45, 2.75) is 13.3 Å². The van der Waals surface area contributed by atoms with Crippen LogP contribution < -0.4 is 5.32 Å². The summed E-state index contributed by atoms with van der Waals surface area (Å²) in [6.45, 7) is 9.72. The molecule has 1 amide bonds. The first-order valence-corrected chi connectivity index (χ1v) is 4.79. The van der Waals surface area contributed by atoms with E-state index < -0.39 is 6.09 Å². The van der Waals surface area contributed by atoms with E-state index in [0.29, 0.717) is 18.7 Å². The molecule has 0 aromatic heterocycles. The Morgan fingerprint density at radius 3 is 2.87 bits per heavy atom. The first-order valence-electron chi connectivity index (χ1n) is 4.79. The van der Waals surface area contributed by atoms with Crippen molar-refractivity contribution in [2.75, 3.05) is 11.9 Å². The van der Waals surface area contributed by atoms with Crippen LogP contribution in [-0.2, 0) is 4.74 Å². The summed E-state index contributed by atoms with van der Waals surface area (Å²) in [7, 11) is 0. The van der Waals surface area contributed by atoms with Crippen molar-refractivity contribution in [3.63, 3.8) is 0 Å². The van der Waals surface area contributed by atoms with Crippen LogP contribution in [0.3, 0.4) is 0 Å². The van der Waals surface area contributed by atoms with E-state index in [2.05, 4.69) is 19.2 Å². The Kier molecular flexibility index (Phi) is 4.16. The molecule has 80 valence electrons. The summed E-state index contributed by atoms with van der Waals surface area (Å²) in [6, 6.07) is 5.52. The number of aryl methyl sites for hydroxylation is 1. The van der Waals surface area contributed by atoms with Crippen molar-refractivity contribution in [3.05, 3.63) is 43.2 Å². The number of amides is 1. The van der Waals surface area contributed by atoms with Crippen LogP contribution >= 0.6 is 0 Å². The standard InChI is InChI=1S/C12H15NO2/c1-4-7-15-12(14)13-11-6-5-9(2)10(3)8-11/h5-6,8H,1,3-4,7H2,2H3,(H,13,14). The predicted molar refractivity (Wildman–Crippen MR) is 60.6 cm³/mol. The second-order valence-corrected chi connectivity index (χ2v) is 3.26. The minimum absolute atomic E-state index is 0.328. The van der Waals surface area contributed by atoms with Gasteiger partial charge in [0.2, 0.25) is 0 Å². The fraction of sp³-hybridized carbons (Fsp3) is 0.250. The Balaban J connectivity index is 2.57. The molecule has 0 aliphatic rings. The molecule has 2 radical (unpaired) electrons. The van der Waals surface area contributed by atoms with Gasteiger partial charge in [0, 0.05) is 5.69 Å². The van der Waals surface area contributed by atoms with Gasteiger partial charge in [-0.3, -0.25) is 5.32 Å². The Bertz CT molecular complexity index is 347. The third-order valence-electron chi connectivity index (χ3n) is 1.97. The zero-order valence-electron chi connectivity index (χ0n) is 8.88. The lowest BCUT2D eigenvalue weighted by atomic mass is 10.1. The minimum Gasteiger partial charge on any atom is -0.449 e. The molecular weight excluding hydrogens is 190 g/mol. The number of hydrogen-bond donors (Lipinski definition) is 1. The van der Waals surface area contributed by atoms with Gasteiger partial charge in [-0.15, -0.1) is 0 Å². The van der Waals surface area contributed by atoms with Gasteiger partial charge in [-0.05, 0) is 50.5 Å². The van der Waals surface area contributed by atoms with Gasteiger partial charge in [0.15, 0.2) is 0 Å². The van der Waals surface area contributed by atoms with Gasteiger partial charge in [-0.25, -0.2) is 4.79 Å². The number of ether oxygens (including phenoxy) is 1. The summed E-state index contributed by atoms with van der Waals surface area (Å²) in [5.41, 5.74) is 2.68. The molecule has 0 unspecified atom stereocenters. The summed E-state index contributed by atoms with van der Waals surface area (Å²) in [5.74, 6) is 0.